The number of carboxylic acid groups (broad SMARTS) is 1. The molecule has 1 aromatic carbocycles. The molecule has 25 heavy (non-hydrogen) atoms. The standard InChI is InChI=1S/C19H25NO3S2/c1-13-7-5-6-8-14(13)11-15-9-10-17(24-15)16(12-18(21)22)20-25(23)19(2,3)4/h5-10,16,20H,11-12H2,1-4H3,(H,21,22). The van der Waals surface area contributed by atoms with E-state index < -0.39 is 28.1 Å². The lowest BCUT2D eigenvalue weighted by Crippen LogP contribution is -2.41. The molecule has 0 aliphatic carbocycles. The number of nitrogens with one attached hydrogen (secondary N) is 1. The predicted octanol–water partition coefficient (Wildman–Crippen LogP) is 4.21. The van der Waals surface area contributed by atoms with Gasteiger partial charge < -0.3 is 9.66 Å². The maximum atomic E-state index is 12.4. The number of carboxylic acids is 1. The molecule has 1 aromatic heterocycles. The van der Waals surface area contributed by atoms with Crippen LogP contribution < -0.4 is 4.72 Å². The maximum Gasteiger partial charge on any atom is 0.305 e. The molecule has 2 atom stereocenters. The Morgan fingerprint density at radius 3 is 2.56 bits per heavy atom. The highest BCUT2D eigenvalue weighted by atomic mass is 32.2. The molecule has 2 aromatic rings. The SMILES string of the molecule is Cc1ccccc1Cc1ccc(C(CC(=O)O)N[S+]([O-])C(C)(C)C)s1. The fourth-order valence-electron chi connectivity index (χ4n) is 2.35. The summed E-state index contributed by atoms with van der Waals surface area (Å²) in [6.45, 7) is 7.69. The zero-order valence-electron chi connectivity index (χ0n) is 15.0. The van der Waals surface area contributed by atoms with E-state index in [1.807, 2.05) is 45.0 Å². The number of aryl methyl sites for hydroxylation is 1. The Kier molecular flexibility index (Phi) is 6.68. The summed E-state index contributed by atoms with van der Waals surface area (Å²) in [5.41, 5.74) is 2.50. The van der Waals surface area contributed by atoms with Crippen LogP contribution in [-0.2, 0) is 22.6 Å². The molecule has 0 aliphatic rings. The first-order chi connectivity index (χ1) is 11.7. The van der Waals surface area contributed by atoms with Crippen molar-refractivity contribution >= 4 is 28.7 Å². The van der Waals surface area contributed by atoms with Crippen molar-refractivity contribution in [2.75, 3.05) is 0 Å². The van der Waals surface area contributed by atoms with Crippen LogP contribution in [0.5, 0.6) is 0 Å². The van der Waals surface area contributed by atoms with Crippen LogP contribution in [0.1, 0.15) is 54.1 Å². The lowest BCUT2D eigenvalue weighted by Gasteiger charge is -2.27. The van der Waals surface area contributed by atoms with Crippen LogP contribution in [0, 0.1) is 6.92 Å². The molecular formula is C19H25NO3S2. The molecule has 136 valence electrons. The monoisotopic (exact) mass is 379 g/mol. The summed E-state index contributed by atoms with van der Waals surface area (Å²) in [5, 5.41) is 9.20. The van der Waals surface area contributed by atoms with Crippen molar-refractivity contribution in [3.05, 3.63) is 57.3 Å². The molecule has 0 aliphatic heterocycles. The van der Waals surface area contributed by atoms with Gasteiger partial charge in [0, 0.05) is 27.5 Å². The van der Waals surface area contributed by atoms with Crippen LogP contribution in [0.3, 0.4) is 0 Å². The number of hydrogen-bond acceptors (Lipinski definition) is 4. The van der Waals surface area contributed by atoms with E-state index in [1.54, 1.807) is 11.3 Å². The van der Waals surface area contributed by atoms with E-state index in [0.29, 0.717) is 0 Å². The molecule has 0 saturated heterocycles. The summed E-state index contributed by atoms with van der Waals surface area (Å²) in [6, 6.07) is 11.8. The molecule has 2 rings (SSSR count). The van der Waals surface area contributed by atoms with Gasteiger partial charge in [0.1, 0.15) is 4.75 Å². The first-order valence-corrected chi connectivity index (χ1v) is 10.2. The van der Waals surface area contributed by atoms with E-state index in [2.05, 4.69) is 23.8 Å². The van der Waals surface area contributed by atoms with Crippen molar-refractivity contribution in [3.8, 4) is 0 Å². The quantitative estimate of drug-likeness (QED) is 0.707. The highest BCUT2D eigenvalue weighted by Gasteiger charge is 2.31. The average Bonchev–Trinajstić information content (AvgIpc) is 2.96. The minimum Gasteiger partial charge on any atom is -0.598 e. The van der Waals surface area contributed by atoms with Crippen LogP contribution >= 0.6 is 11.3 Å². The molecular weight excluding hydrogens is 354 g/mol. The topological polar surface area (TPSA) is 72.4 Å². The first kappa shape index (κ1) is 20.0. The van der Waals surface area contributed by atoms with Gasteiger partial charge in [0.05, 0.1) is 12.5 Å². The fraction of sp³-hybridized carbons (Fsp3) is 0.421. The second kappa shape index (κ2) is 8.36. The number of aliphatic carboxylic acids is 1. The molecule has 1 heterocycles. The van der Waals surface area contributed by atoms with E-state index >= 15 is 0 Å². The Morgan fingerprint density at radius 2 is 1.96 bits per heavy atom. The molecule has 6 heteroatoms. The Balaban J connectivity index is 2.17. The van der Waals surface area contributed by atoms with Crippen LogP contribution in [0.15, 0.2) is 36.4 Å². The minimum atomic E-state index is -1.32. The third kappa shape index (κ3) is 5.85. The van der Waals surface area contributed by atoms with Crippen molar-refractivity contribution < 1.29 is 14.5 Å². The third-order valence-electron chi connectivity index (χ3n) is 3.84. The normalized spacial score (nSPS) is 14.3. The van der Waals surface area contributed by atoms with Crippen LogP contribution in [0.25, 0.3) is 0 Å². The molecule has 2 unspecified atom stereocenters. The lowest BCUT2D eigenvalue weighted by molar-refractivity contribution is -0.137. The molecule has 0 spiro atoms. The summed E-state index contributed by atoms with van der Waals surface area (Å²) in [6.07, 6.45) is 0.728. The number of rotatable bonds is 7. The largest absolute Gasteiger partial charge is 0.598 e. The Morgan fingerprint density at radius 1 is 1.28 bits per heavy atom. The number of benzene rings is 1. The zero-order chi connectivity index (χ0) is 18.6. The van der Waals surface area contributed by atoms with Gasteiger partial charge in [-0.15, -0.1) is 16.1 Å². The van der Waals surface area contributed by atoms with Crippen LogP contribution in [0.2, 0.25) is 0 Å². The lowest BCUT2D eigenvalue weighted by atomic mass is 10.1. The van der Waals surface area contributed by atoms with E-state index in [1.165, 1.54) is 16.0 Å². The van der Waals surface area contributed by atoms with Gasteiger partial charge in [0.2, 0.25) is 0 Å². The Bertz CT molecular complexity index is 721. The van der Waals surface area contributed by atoms with Crippen LogP contribution in [-0.4, -0.2) is 20.4 Å². The number of carbonyl (C=O) groups is 1. The van der Waals surface area contributed by atoms with Gasteiger partial charge in [-0.1, -0.05) is 24.3 Å². The molecule has 0 radical (unpaired) electrons. The van der Waals surface area contributed by atoms with E-state index in [-0.39, 0.29) is 6.42 Å². The van der Waals surface area contributed by atoms with Gasteiger partial charge in [0.25, 0.3) is 0 Å². The summed E-state index contributed by atoms with van der Waals surface area (Å²) in [7, 11) is 0. The smallest absolute Gasteiger partial charge is 0.305 e. The number of hydrogen-bond donors (Lipinski definition) is 2. The predicted molar refractivity (Wildman–Crippen MR) is 104 cm³/mol. The van der Waals surface area contributed by atoms with Crippen molar-refractivity contribution in [3.63, 3.8) is 0 Å². The van der Waals surface area contributed by atoms with Crippen molar-refractivity contribution in [1.82, 2.24) is 4.72 Å². The van der Waals surface area contributed by atoms with Gasteiger partial charge in [-0.3, -0.25) is 4.79 Å². The van der Waals surface area contributed by atoms with Gasteiger partial charge in [-0.25, -0.2) is 0 Å². The van der Waals surface area contributed by atoms with E-state index in [4.69, 9.17) is 0 Å². The van der Waals surface area contributed by atoms with Crippen molar-refractivity contribution in [1.29, 1.82) is 0 Å². The van der Waals surface area contributed by atoms with Gasteiger partial charge in [0.15, 0.2) is 0 Å². The highest BCUT2D eigenvalue weighted by Crippen LogP contribution is 2.30. The molecule has 4 nitrogen and oxygen atoms in total. The minimum absolute atomic E-state index is 0.0911. The average molecular weight is 380 g/mol. The van der Waals surface area contributed by atoms with Crippen LogP contribution in [0.4, 0.5) is 0 Å². The van der Waals surface area contributed by atoms with E-state index in [0.717, 1.165) is 11.3 Å². The molecule has 0 bridgehead atoms. The highest BCUT2D eigenvalue weighted by molar-refractivity contribution is 7.90. The molecule has 0 amide bonds. The fourth-order valence-corrected chi connectivity index (χ4v) is 4.34. The number of thiophene rings is 1. The summed E-state index contributed by atoms with van der Waals surface area (Å²) >= 11 is 0.256. The second-order valence-corrected chi connectivity index (χ2v) is 10.3. The van der Waals surface area contributed by atoms with Gasteiger partial charge >= 0.3 is 5.97 Å². The Labute approximate surface area is 156 Å². The van der Waals surface area contributed by atoms with Crippen molar-refractivity contribution in [2.45, 2.75) is 51.3 Å². The second-order valence-electron chi connectivity index (χ2n) is 7.06. The molecule has 0 fully saturated rings. The summed E-state index contributed by atoms with van der Waals surface area (Å²) < 4.78 is 14.9. The third-order valence-corrected chi connectivity index (χ3v) is 6.65. The molecule has 0 saturated carbocycles. The molecule has 2 N–H and O–H groups in total. The van der Waals surface area contributed by atoms with E-state index in [9.17, 15) is 14.5 Å². The first-order valence-electron chi connectivity index (χ1n) is 8.20. The zero-order valence-corrected chi connectivity index (χ0v) is 16.7. The Hall–Kier alpha value is -1.34. The van der Waals surface area contributed by atoms with Gasteiger partial charge in [-0.2, -0.15) is 0 Å². The van der Waals surface area contributed by atoms with Gasteiger partial charge in [-0.05, 0) is 51.0 Å². The van der Waals surface area contributed by atoms with Crippen molar-refractivity contribution in [2.24, 2.45) is 0 Å². The maximum absolute atomic E-state index is 12.4. The summed E-state index contributed by atoms with van der Waals surface area (Å²) in [5.74, 6) is -0.905. The summed E-state index contributed by atoms with van der Waals surface area (Å²) in [4.78, 5) is 13.3.